The lowest BCUT2D eigenvalue weighted by Crippen LogP contribution is -2.51. The molecule has 1 heterocycles. The number of hydrogen-bond acceptors (Lipinski definition) is 3. The maximum Gasteiger partial charge on any atom is 0.124 e. The van der Waals surface area contributed by atoms with Crippen molar-refractivity contribution in [3.63, 3.8) is 0 Å². The second-order valence-electron chi connectivity index (χ2n) is 5.93. The van der Waals surface area contributed by atoms with Crippen molar-refractivity contribution in [3.05, 3.63) is 29.8 Å². The van der Waals surface area contributed by atoms with Crippen molar-refractivity contribution in [1.82, 2.24) is 4.90 Å². The number of nitrogens with two attached hydrogens (primary N) is 1. The first-order chi connectivity index (χ1) is 8.60. The molecule has 2 fully saturated rings. The Bertz CT molecular complexity index is 434. The molecule has 0 radical (unpaired) electrons. The molecule has 1 aliphatic carbocycles. The van der Waals surface area contributed by atoms with Gasteiger partial charge in [0.2, 0.25) is 0 Å². The molecule has 1 aromatic carbocycles. The van der Waals surface area contributed by atoms with Crippen LogP contribution in [0, 0.1) is 0 Å². The zero-order valence-electron chi connectivity index (χ0n) is 11.2. The third-order valence-electron chi connectivity index (χ3n) is 4.40. The third-order valence-corrected chi connectivity index (χ3v) is 4.40. The minimum Gasteiger partial charge on any atom is -0.488 e. The van der Waals surface area contributed by atoms with E-state index in [1.54, 1.807) is 0 Å². The summed E-state index contributed by atoms with van der Waals surface area (Å²) >= 11 is 0. The molecule has 98 valence electrons. The highest BCUT2D eigenvalue weighted by molar-refractivity contribution is 5.39. The van der Waals surface area contributed by atoms with Gasteiger partial charge in [-0.25, -0.2) is 0 Å². The van der Waals surface area contributed by atoms with E-state index in [-0.39, 0.29) is 11.5 Å². The molecule has 2 N–H and O–H groups in total. The number of ether oxygens (including phenoxy) is 1. The molecular weight excluding hydrogens is 224 g/mol. The summed E-state index contributed by atoms with van der Waals surface area (Å²) in [5.74, 6) is 0.998. The number of rotatable bonds is 4. The van der Waals surface area contributed by atoms with E-state index in [2.05, 4.69) is 43.1 Å². The van der Waals surface area contributed by atoms with E-state index < -0.39 is 0 Å². The first-order valence-electron chi connectivity index (χ1n) is 6.81. The van der Waals surface area contributed by atoms with Gasteiger partial charge in [0.15, 0.2) is 0 Å². The first kappa shape index (κ1) is 12.0. The average Bonchev–Trinajstić information content (AvgIpc) is 3.08. The summed E-state index contributed by atoms with van der Waals surface area (Å²) in [5.41, 5.74) is 7.69. The largest absolute Gasteiger partial charge is 0.488 e. The van der Waals surface area contributed by atoms with Crippen LogP contribution in [0.2, 0.25) is 0 Å². The van der Waals surface area contributed by atoms with Crippen LogP contribution in [0.1, 0.15) is 25.3 Å². The lowest BCUT2D eigenvalue weighted by molar-refractivity contribution is 0.0387. The van der Waals surface area contributed by atoms with Gasteiger partial charge in [0.1, 0.15) is 11.9 Å². The van der Waals surface area contributed by atoms with Gasteiger partial charge in [0, 0.05) is 24.5 Å². The summed E-state index contributed by atoms with van der Waals surface area (Å²) in [7, 11) is 2.12. The van der Waals surface area contributed by atoms with Gasteiger partial charge in [0.05, 0.1) is 0 Å². The maximum absolute atomic E-state index is 6.12. The van der Waals surface area contributed by atoms with Crippen LogP contribution in [0.4, 0.5) is 0 Å². The van der Waals surface area contributed by atoms with E-state index in [1.807, 2.05) is 0 Å². The minimum absolute atomic E-state index is 0.218. The van der Waals surface area contributed by atoms with E-state index in [9.17, 15) is 0 Å². The van der Waals surface area contributed by atoms with Gasteiger partial charge in [-0.15, -0.1) is 0 Å². The summed E-state index contributed by atoms with van der Waals surface area (Å²) in [6, 6.07) is 8.75. The quantitative estimate of drug-likeness (QED) is 0.879. The van der Waals surface area contributed by atoms with Crippen molar-refractivity contribution in [2.24, 2.45) is 5.73 Å². The average molecular weight is 246 g/mol. The lowest BCUT2D eigenvalue weighted by Gasteiger charge is -2.36. The number of hydrogen-bond donors (Lipinski definition) is 1. The molecule has 0 spiro atoms. The van der Waals surface area contributed by atoms with Gasteiger partial charge in [-0.05, 0) is 44.5 Å². The fourth-order valence-corrected chi connectivity index (χ4v) is 2.93. The highest BCUT2D eigenvalue weighted by atomic mass is 16.5. The van der Waals surface area contributed by atoms with Crippen molar-refractivity contribution in [2.75, 3.05) is 20.1 Å². The van der Waals surface area contributed by atoms with Gasteiger partial charge in [-0.3, -0.25) is 4.90 Å². The zero-order chi connectivity index (χ0) is 12.8. The number of benzene rings is 1. The number of nitrogens with zero attached hydrogens (tertiary/aromatic N) is 1. The van der Waals surface area contributed by atoms with E-state index in [0.717, 1.165) is 18.8 Å². The predicted molar refractivity (Wildman–Crippen MR) is 72.9 cm³/mol. The molecule has 1 saturated heterocycles. The molecule has 0 aromatic heterocycles. The molecule has 3 nitrogen and oxygen atoms in total. The smallest absolute Gasteiger partial charge is 0.124 e. The Kier molecular flexibility index (Phi) is 2.83. The maximum atomic E-state index is 6.12. The molecule has 0 amide bonds. The minimum atomic E-state index is 0.218. The van der Waals surface area contributed by atoms with Crippen LogP contribution in [-0.4, -0.2) is 37.2 Å². The normalized spacial score (nSPS) is 24.4. The summed E-state index contributed by atoms with van der Waals surface area (Å²) in [6.07, 6.45) is 2.77. The number of likely N-dealkylation sites (tertiary alicyclic amines) is 1. The van der Waals surface area contributed by atoms with E-state index in [4.69, 9.17) is 10.5 Å². The molecule has 1 atom stereocenters. The Morgan fingerprint density at radius 1 is 1.39 bits per heavy atom. The van der Waals surface area contributed by atoms with Gasteiger partial charge < -0.3 is 10.5 Å². The molecule has 1 aromatic rings. The molecule has 1 aliphatic heterocycles. The van der Waals surface area contributed by atoms with Crippen LogP contribution in [0.25, 0.3) is 0 Å². The zero-order valence-corrected chi connectivity index (χ0v) is 11.2. The Labute approximate surface area is 109 Å². The molecule has 2 aliphatic rings. The van der Waals surface area contributed by atoms with Crippen molar-refractivity contribution in [1.29, 1.82) is 0 Å². The molecule has 3 heteroatoms. The standard InChI is InChI=1S/C15H22N2O/c1-11(16)15(6-7-15)12-4-3-5-13(8-12)18-14-9-17(2)10-14/h3-5,8,11,14H,6-7,9-10,16H2,1-2H3. The van der Waals surface area contributed by atoms with Crippen LogP contribution in [0.5, 0.6) is 5.75 Å². The summed E-state index contributed by atoms with van der Waals surface area (Å²) in [6.45, 7) is 4.17. The second kappa shape index (κ2) is 4.25. The molecule has 1 unspecified atom stereocenters. The monoisotopic (exact) mass is 246 g/mol. The predicted octanol–water partition coefficient (Wildman–Crippen LogP) is 1.76. The molecule has 1 saturated carbocycles. The molecule has 3 rings (SSSR count). The van der Waals surface area contributed by atoms with E-state index >= 15 is 0 Å². The van der Waals surface area contributed by atoms with E-state index in [0.29, 0.717) is 6.10 Å². The van der Waals surface area contributed by atoms with Crippen molar-refractivity contribution < 1.29 is 4.74 Å². The van der Waals surface area contributed by atoms with Crippen molar-refractivity contribution >= 4 is 0 Å². The first-order valence-corrected chi connectivity index (χ1v) is 6.81. The third kappa shape index (κ3) is 2.02. The lowest BCUT2D eigenvalue weighted by atomic mass is 9.89. The highest BCUT2D eigenvalue weighted by Crippen LogP contribution is 2.50. The summed E-state index contributed by atoms with van der Waals surface area (Å²) in [4.78, 5) is 2.26. The van der Waals surface area contributed by atoms with Crippen molar-refractivity contribution in [3.8, 4) is 5.75 Å². The van der Waals surface area contributed by atoms with Crippen LogP contribution < -0.4 is 10.5 Å². The van der Waals surface area contributed by atoms with Crippen LogP contribution in [-0.2, 0) is 5.41 Å². The number of likely N-dealkylation sites (N-methyl/N-ethyl adjacent to an activating group) is 1. The second-order valence-corrected chi connectivity index (χ2v) is 5.93. The van der Waals surface area contributed by atoms with Gasteiger partial charge in [-0.1, -0.05) is 12.1 Å². The van der Waals surface area contributed by atoms with Crippen molar-refractivity contribution in [2.45, 2.75) is 37.3 Å². The Morgan fingerprint density at radius 2 is 2.11 bits per heavy atom. The van der Waals surface area contributed by atoms with Crippen LogP contribution in [0.3, 0.4) is 0 Å². The highest BCUT2D eigenvalue weighted by Gasteiger charge is 2.47. The SMILES string of the molecule is CC(N)C1(c2cccc(OC3CN(C)C3)c2)CC1. The van der Waals surface area contributed by atoms with Gasteiger partial charge in [-0.2, -0.15) is 0 Å². The molecule has 0 bridgehead atoms. The topological polar surface area (TPSA) is 38.5 Å². The van der Waals surface area contributed by atoms with Crippen LogP contribution >= 0.6 is 0 Å². The molecule has 18 heavy (non-hydrogen) atoms. The van der Waals surface area contributed by atoms with E-state index in [1.165, 1.54) is 18.4 Å². The Hall–Kier alpha value is -1.06. The van der Waals surface area contributed by atoms with Crippen LogP contribution in [0.15, 0.2) is 24.3 Å². The van der Waals surface area contributed by atoms with Gasteiger partial charge >= 0.3 is 0 Å². The van der Waals surface area contributed by atoms with Gasteiger partial charge in [0.25, 0.3) is 0 Å². The fraction of sp³-hybridized carbons (Fsp3) is 0.600. The molecular formula is C15H22N2O. The Balaban J connectivity index is 1.73. The summed E-state index contributed by atoms with van der Waals surface area (Å²) in [5, 5.41) is 0. The Morgan fingerprint density at radius 3 is 2.67 bits per heavy atom. The summed E-state index contributed by atoms with van der Waals surface area (Å²) < 4.78 is 5.98. The fourth-order valence-electron chi connectivity index (χ4n) is 2.93.